The van der Waals surface area contributed by atoms with Crippen LogP contribution in [0.3, 0.4) is 0 Å². The van der Waals surface area contributed by atoms with Gasteiger partial charge < -0.3 is 10.8 Å². The molecule has 1 aliphatic carbocycles. The number of halogens is 1. The lowest BCUT2D eigenvalue weighted by atomic mass is 10.0. The molecule has 3 rings (SSSR count). The largest absolute Gasteiger partial charge is 0.388 e. The van der Waals surface area contributed by atoms with E-state index in [9.17, 15) is 9.50 Å². The molecule has 1 aromatic carbocycles. The Morgan fingerprint density at radius 3 is 2.33 bits per heavy atom. The van der Waals surface area contributed by atoms with Crippen molar-refractivity contribution in [1.82, 2.24) is 4.98 Å². The van der Waals surface area contributed by atoms with E-state index < -0.39 is 12.8 Å². The fourth-order valence-corrected chi connectivity index (χ4v) is 2.42. The summed E-state index contributed by atoms with van der Waals surface area (Å²) < 4.78 is 12.2. The van der Waals surface area contributed by atoms with Gasteiger partial charge in [0.25, 0.3) is 0 Å². The summed E-state index contributed by atoms with van der Waals surface area (Å²) in [5.74, 6) is 0. The number of aliphatic hydroxyl groups is 1. The lowest BCUT2D eigenvalue weighted by molar-refractivity contribution is 0.156. The number of hydrogen-bond donors (Lipinski definition) is 2. The van der Waals surface area contributed by atoms with E-state index in [2.05, 4.69) is 4.98 Å². The second-order valence-electron chi connectivity index (χ2n) is 5.70. The molecule has 110 valence electrons. The standard InChI is InChI=1S/C17H19FN2O/c18-10-7-15(21)13-3-1-12(2-4-13)14-5-6-16(20-11-14)17(19)8-9-17/h1-6,11,15,21H,7-10,19H2. The van der Waals surface area contributed by atoms with Crippen molar-refractivity contribution in [2.24, 2.45) is 5.73 Å². The first kappa shape index (κ1) is 14.2. The topological polar surface area (TPSA) is 59.1 Å². The van der Waals surface area contributed by atoms with Crippen molar-refractivity contribution < 1.29 is 9.50 Å². The molecule has 1 heterocycles. The van der Waals surface area contributed by atoms with Gasteiger partial charge in [-0.05, 0) is 30.0 Å². The highest BCUT2D eigenvalue weighted by Gasteiger charge is 2.41. The summed E-state index contributed by atoms with van der Waals surface area (Å²) in [7, 11) is 0. The molecule has 1 unspecified atom stereocenters. The van der Waals surface area contributed by atoms with E-state index in [0.29, 0.717) is 0 Å². The van der Waals surface area contributed by atoms with Crippen LogP contribution in [-0.2, 0) is 5.54 Å². The quantitative estimate of drug-likeness (QED) is 0.888. The summed E-state index contributed by atoms with van der Waals surface area (Å²) in [5, 5.41) is 9.75. The molecule has 1 aromatic heterocycles. The van der Waals surface area contributed by atoms with Gasteiger partial charge in [-0.25, -0.2) is 0 Å². The maximum Gasteiger partial charge on any atom is 0.0922 e. The second kappa shape index (κ2) is 5.54. The fraction of sp³-hybridized carbons (Fsp3) is 0.353. The molecule has 0 radical (unpaired) electrons. The van der Waals surface area contributed by atoms with Gasteiger partial charge in [-0.15, -0.1) is 0 Å². The fourth-order valence-electron chi connectivity index (χ4n) is 2.42. The second-order valence-corrected chi connectivity index (χ2v) is 5.70. The Labute approximate surface area is 123 Å². The molecular formula is C17H19FN2O. The van der Waals surface area contributed by atoms with Crippen LogP contribution in [0.15, 0.2) is 42.6 Å². The van der Waals surface area contributed by atoms with Crippen molar-refractivity contribution in [1.29, 1.82) is 0 Å². The maximum atomic E-state index is 12.2. The van der Waals surface area contributed by atoms with Gasteiger partial charge in [-0.1, -0.05) is 30.3 Å². The normalized spacial score (nSPS) is 17.5. The van der Waals surface area contributed by atoms with Crippen LogP contribution in [0.5, 0.6) is 0 Å². The zero-order valence-electron chi connectivity index (χ0n) is 11.8. The monoisotopic (exact) mass is 286 g/mol. The number of nitrogens with two attached hydrogens (primary N) is 1. The van der Waals surface area contributed by atoms with Crippen LogP contribution in [0.4, 0.5) is 4.39 Å². The van der Waals surface area contributed by atoms with Crippen LogP contribution in [0.1, 0.15) is 36.6 Å². The van der Waals surface area contributed by atoms with E-state index in [0.717, 1.165) is 35.2 Å². The molecule has 0 spiro atoms. The van der Waals surface area contributed by atoms with Crippen LogP contribution in [0, 0.1) is 0 Å². The van der Waals surface area contributed by atoms with Crippen LogP contribution in [0.25, 0.3) is 11.1 Å². The average Bonchev–Trinajstić information content (AvgIpc) is 3.27. The molecule has 1 aliphatic rings. The summed E-state index contributed by atoms with van der Waals surface area (Å²) in [4.78, 5) is 4.45. The summed E-state index contributed by atoms with van der Waals surface area (Å²) in [5.41, 5.74) is 9.62. The van der Waals surface area contributed by atoms with Gasteiger partial charge in [0, 0.05) is 18.2 Å². The Morgan fingerprint density at radius 2 is 1.81 bits per heavy atom. The number of rotatable bonds is 5. The Morgan fingerprint density at radius 1 is 1.14 bits per heavy atom. The molecule has 1 atom stereocenters. The number of hydrogen-bond acceptors (Lipinski definition) is 3. The lowest BCUT2D eigenvalue weighted by Crippen LogP contribution is -2.19. The molecule has 0 saturated heterocycles. The van der Waals surface area contributed by atoms with Crippen molar-refractivity contribution in [3.63, 3.8) is 0 Å². The molecule has 3 N–H and O–H groups in total. The predicted molar refractivity (Wildman–Crippen MR) is 80.3 cm³/mol. The third kappa shape index (κ3) is 2.96. The van der Waals surface area contributed by atoms with Gasteiger partial charge in [0.2, 0.25) is 0 Å². The van der Waals surface area contributed by atoms with Crippen molar-refractivity contribution >= 4 is 0 Å². The molecule has 0 bridgehead atoms. The molecule has 2 aromatic rings. The van der Waals surface area contributed by atoms with Crippen molar-refractivity contribution in [3.8, 4) is 11.1 Å². The maximum absolute atomic E-state index is 12.2. The van der Waals surface area contributed by atoms with E-state index in [4.69, 9.17) is 5.73 Å². The Balaban J connectivity index is 1.77. The molecule has 0 aliphatic heterocycles. The SMILES string of the molecule is NC1(c2ccc(-c3ccc(C(O)CCF)cc3)cn2)CC1. The molecule has 0 amide bonds. The number of alkyl halides is 1. The predicted octanol–water partition coefficient (Wildman–Crippen LogP) is 3.09. The van der Waals surface area contributed by atoms with Gasteiger partial charge in [0.15, 0.2) is 0 Å². The minimum absolute atomic E-state index is 0.133. The van der Waals surface area contributed by atoms with Crippen molar-refractivity contribution in [3.05, 3.63) is 53.9 Å². The van der Waals surface area contributed by atoms with Crippen molar-refractivity contribution in [2.75, 3.05) is 6.67 Å². The smallest absolute Gasteiger partial charge is 0.0922 e. The molecule has 1 fully saturated rings. The van der Waals surface area contributed by atoms with Gasteiger partial charge in [0.05, 0.1) is 24.0 Å². The number of benzene rings is 1. The van der Waals surface area contributed by atoms with E-state index in [1.165, 1.54) is 0 Å². The molecule has 4 heteroatoms. The first-order chi connectivity index (χ1) is 10.1. The highest BCUT2D eigenvalue weighted by Crippen LogP contribution is 2.41. The zero-order valence-corrected chi connectivity index (χ0v) is 11.8. The Hall–Kier alpha value is -1.78. The van der Waals surface area contributed by atoms with E-state index in [1.807, 2.05) is 42.6 Å². The molecule has 3 nitrogen and oxygen atoms in total. The number of aliphatic hydroxyl groups excluding tert-OH is 1. The van der Waals surface area contributed by atoms with E-state index >= 15 is 0 Å². The summed E-state index contributed by atoms with van der Waals surface area (Å²) in [6.45, 7) is -0.519. The van der Waals surface area contributed by atoms with Crippen LogP contribution >= 0.6 is 0 Å². The highest BCUT2D eigenvalue weighted by molar-refractivity contribution is 5.63. The molecule has 1 saturated carbocycles. The minimum atomic E-state index is -0.739. The minimum Gasteiger partial charge on any atom is -0.388 e. The Bertz CT molecular complexity index is 606. The van der Waals surface area contributed by atoms with Crippen LogP contribution in [-0.4, -0.2) is 16.8 Å². The molecular weight excluding hydrogens is 267 g/mol. The number of nitrogens with zero attached hydrogens (tertiary/aromatic N) is 1. The van der Waals surface area contributed by atoms with E-state index in [1.54, 1.807) is 0 Å². The third-order valence-electron chi connectivity index (χ3n) is 4.07. The number of pyridine rings is 1. The first-order valence-electron chi connectivity index (χ1n) is 7.22. The van der Waals surface area contributed by atoms with Gasteiger partial charge in [-0.3, -0.25) is 9.37 Å². The lowest BCUT2D eigenvalue weighted by Gasteiger charge is -2.11. The van der Waals surface area contributed by atoms with Crippen LogP contribution in [0.2, 0.25) is 0 Å². The first-order valence-corrected chi connectivity index (χ1v) is 7.22. The average molecular weight is 286 g/mol. The summed E-state index contributed by atoms with van der Waals surface area (Å²) in [6, 6.07) is 11.5. The van der Waals surface area contributed by atoms with Crippen molar-refractivity contribution in [2.45, 2.75) is 30.9 Å². The Kier molecular flexibility index (Phi) is 3.74. The third-order valence-corrected chi connectivity index (χ3v) is 4.07. The molecule has 21 heavy (non-hydrogen) atoms. The summed E-state index contributed by atoms with van der Waals surface area (Å²) >= 11 is 0. The summed E-state index contributed by atoms with van der Waals surface area (Å²) in [6.07, 6.45) is 3.22. The van der Waals surface area contributed by atoms with Crippen LogP contribution < -0.4 is 5.73 Å². The van der Waals surface area contributed by atoms with Gasteiger partial charge in [0.1, 0.15) is 0 Å². The van der Waals surface area contributed by atoms with Gasteiger partial charge in [-0.2, -0.15) is 0 Å². The zero-order chi connectivity index (χ0) is 14.9. The number of aromatic nitrogens is 1. The van der Waals surface area contributed by atoms with Gasteiger partial charge >= 0.3 is 0 Å². The van der Waals surface area contributed by atoms with E-state index in [-0.39, 0.29) is 12.0 Å². The highest BCUT2D eigenvalue weighted by atomic mass is 19.1.